The van der Waals surface area contributed by atoms with E-state index in [1.165, 1.54) is 28.4 Å². The highest BCUT2D eigenvalue weighted by Crippen LogP contribution is 2.27. The summed E-state index contributed by atoms with van der Waals surface area (Å²) < 4.78 is 44.0. The molecule has 3 amide bonds. The zero-order valence-electron chi connectivity index (χ0n) is 27.9. The predicted molar refractivity (Wildman–Crippen MR) is 174 cm³/mol. The maximum Gasteiger partial charge on any atom is 0.415 e. The lowest BCUT2D eigenvalue weighted by molar-refractivity contribution is -0.158. The number of aryl methyl sites for hydroxylation is 1. The second kappa shape index (κ2) is 16.6. The minimum absolute atomic E-state index is 0.00560. The maximum absolute atomic E-state index is 13.5. The first-order valence-electron chi connectivity index (χ1n) is 15.6. The number of hydrogen-bond acceptors (Lipinski definition) is 9. The topological polar surface area (TPSA) is 161 Å². The van der Waals surface area contributed by atoms with Gasteiger partial charge >= 0.3 is 18.2 Å². The average Bonchev–Trinajstić information content (AvgIpc) is 3.51. The van der Waals surface area contributed by atoms with Crippen LogP contribution in [-0.2, 0) is 35.5 Å². The molecule has 1 heterocycles. The van der Waals surface area contributed by atoms with Gasteiger partial charge < -0.3 is 29.7 Å². The molecule has 2 N–H and O–H groups in total. The summed E-state index contributed by atoms with van der Waals surface area (Å²) in [7, 11) is -2.43. The maximum atomic E-state index is 13.5. The number of esters is 1. The van der Waals surface area contributed by atoms with E-state index >= 15 is 0 Å². The Morgan fingerprint density at radius 1 is 1.04 bits per heavy atom. The molecule has 0 spiro atoms. The first-order valence-corrected chi connectivity index (χ1v) is 17.1. The van der Waals surface area contributed by atoms with Crippen molar-refractivity contribution in [3.05, 3.63) is 59.7 Å². The number of hydrogen-bond donors (Lipinski definition) is 2. The number of alkyl carbamates (subject to hydrolysis) is 1. The lowest BCUT2D eigenvalue weighted by Gasteiger charge is -2.28. The summed E-state index contributed by atoms with van der Waals surface area (Å²) in [6.45, 7) is 9.71. The van der Waals surface area contributed by atoms with E-state index in [-0.39, 0.29) is 36.8 Å². The number of nitrogens with one attached hydrogen (secondary N) is 2. The molecule has 1 saturated heterocycles. The predicted octanol–water partition coefficient (Wildman–Crippen LogP) is 3.78. The van der Waals surface area contributed by atoms with Gasteiger partial charge in [0.15, 0.2) is 0 Å². The van der Waals surface area contributed by atoms with Crippen molar-refractivity contribution in [2.45, 2.75) is 82.9 Å². The number of carbonyl (C=O) groups is 4. The first-order chi connectivity index (χ1) is 22.1. The van der Waals surface area contributed by atoms with Gasteiger partial charge in [0.05, 0.1) is 11.4 Å². The van der Waals surface area contributed by atoms with Gasteiger partial charge in [-0.2, -0.15) is 4.31 Å². The molecule has 0 radical (unpaired) electrons. The second-order valence-corrected chi connectivity index (χ2v) is 14.3. The summed E-state index contributed by atoms with van der Waals surface area (Å²) in [6, 6.07) is 10.7. The van der Waals surface area contributed by atoms with Gasteiger partial charge in [-0.25, -0.2) is 22.8 Å². The third-order valence-electron chi connectivity index (χ3n) is 7.20. The summed E-state index contributed by atoms with van der Waals surface area (Å²) in [6.07, 6.45) is 0.413. The molecule has 47 heavy (non-hydrogen) atoms. The number of rotatable bonds is 13. The molecule has 14 heteroatoms. The standard InChI is InChI=1S/C33H46N4O9S/c1-7-18-34-31(40)44-21-20-36(6)32(41)45-25-14-12-24(13-15-25)22-27(30(39)46-33(3,4)5)35-29(38)28-9-8-19-37(28)47(42,43)26-16-10-23(2)11-17-26/h10-17,27-28H,7-9,18-22H2,1-6H3,(H,34,40)(H,35,38)/t27-,28-/m0/s1. The monoisotopic (exact) mass is 674 g/mol. The number of carbonyl (C=O) groups excluding carboxylic acids is 4. The van der Waals surface area contributed by atoms with Gasteiger partial charge in [0.2, 0.25) is 15.9 Å². The van der Waals surface area contributed by atoms with Gasteiger partial charge in [-0.1, -0.05) is 36.8 Å². The zero-order chi connectivity index (χ0) is 34.8. The Bertz CT molecular complexity index is 1490. The van der Waals surface area contributed by atoms with E-state index in [4.69, 9.17) is 14.2 Å². The van der Waals surface area contributed by atoms with Crippen molar-refractivity contribution in [2.75, 3.05) is 33.3 Å². The largest absolute Gasteiger partial charge is 0.458 e. The SMILES string of the molecule is CCCNC(=O)OCCN(C)C(=O)Oc1ccc(C[C@H](NC(=O)[C@@H]2CCCN2S(=O)(=O)c2ccc(C)cc2)C(=O)OC(C)(C)C)cc1. The summed E-state index contributed by atoms with van der Waals surface area (Å²) in [5, 5.41) is 5.32. The lowest BCUT2D eigenvalue weighted by atomic mass is 10.0. The highest BCUT2D eigenvalue weighted by atomic mass is 32.2. The third kappa shape index (κ3) is 11.2. The fourth-order valence-corrected chi connectivity index (χ4v) is 6.38. The Hall–Kier alpha value is -4.17. The van der Waals surface area contributed by atoms with E-state index in [9.17, 15) is 27.6 Å². The van der Waals surface area contributed by atoms with Gasteiger partial charge in [0, 0.05) is 26.6 Å². The Balaban J connectivity index is 1.66. The Labute approximate surface area is 277 Å². The molecule has 1 aliphatic heterocycles. The van der Waals surface area contributed by atoms with Gasteiger partial charge in [0.25, 0.3) is 0 Å². The fourth-order valence-electron chi connectivity index (χ4n) is 4.72. The number of ether oxygens (including phenoxy) is 3. The average molecular weight is 675 g/mol. The highest BCUT2D eigenvalue weighted by molar-refractivity contribution is 7.89. The molecule has 258 valence electrons. The minimum Gasteiger partial charge on any atom is -0.458 e. The number of amides is 3. The van der Waals surface area contributed by atoms with Gasteiger partial charge in [-0.15, -0.1) is 0 Å². The molecule has 2 aromatic carbocycles. The minimum atomic E-state index is -3.94. The van der Waals surface area contributed by atoms with E-state index in [0.717, 1.165) is 12.0 Å². The quantitative estimate of drug-likeness (QED) is 0.301. The number of sulfonamides is 1. The van der Waals surface area contributed by atoms with Crippen molar-refractivity contribution >= 4 is 34.1 Å². The van der Waals surface area contributed by atoms with E-state index in [0.29, 0.717) is 24.9 Å². The van der Waals surface area contributed by atoms with Gasteiger partial charge in [-0.3, -0.25) is 4.79 Å². The fraction of sp³-hybridized carbons (Fsp3) is 0.515. The summed E-state index contributed by atoms with van der Waals surface area (Å²) >= 11 is 0. The third-order valence-corrected chi connectivity index (χ3v) is 9.12. The Morgan fingerprint density at radius 2 is 1.70 bits per heavy atom. The molecule has 0 aliphatic carbocycles. The molecule has 1 aliphatic rings. The van der Waals surface area contributed by atoms with Crippen LogP contribution in [0.4, 0.5) is 9.59 Å². The van der Waals surface area contributed by atoms with Crippen molar-refractivity contribution in [2.24, 2.45) is 0 Å². The van der Waals surface area contributed by atoms with Crippen LogP contribution < -0.4 is 15.4 Å². The Kier molecular flexibility index (Phi) is 13.2. The van der Waals surface area contributed by atoms with Crippen molar-refractivity contribution in [3.8, 4) is 5.75 Å². The summed E-state index contributed by atoms with van der Waals surface area (Å²) in [5.41, 5.74) is 0.716. The van der Waals surface area contributed by atoms with Gasteiger partial charge in [-0.05, 0) is 76.8 Å². The smallest absolute Gasteiger partial charge is 0.415 e. The number of nitrogens with zero attached hydrogens (tertiary/aromatic N) is 2. The van der Waals surface area contributed by atoms with Gasteiger partial charge in [0.1, 0.15) is 30.0 Å². The molecule has 0 unspecified atom stereocenters. The van der Waals surface area contributed by atoms with Crippen LogP contribution in [-0.4, -0.2) is 92.7 Å². The molecule has 1 fully saturated rings. The molecule has 2 aromatic rings. The molecule has 3 rings (SSSR count). The molecule has 2 atom stereocenters. The van der Waals surface area contributed by atoms with Crippen molar-refractivity contribution in [1.82, 2.24) is 19.8 Å². The number of likely N-dealkylation sites (N-methyl/N-ethyl adjacent to an activating group) is 1. The summed E-state index contributed by atoms with van der Waals surface area (Å²) in [4.78, 5) is 52.2. The van der Waals surface area contributed by atoms with E-state index in [2.05, 4.69) is 10.6 Å². The van der Waals surface area contributed by atoms with E-state index in [1.54, 1.807) is 57.2 Å². The van der Waals surface area contributed by atoms with Crippen LogP contribution in [0.25, 0.3) is 0 Å². The molecule has 0 bridgehead atoms. The van der Waals surface area contributed by atoms with Crippen LogP contribution in [0.2, 0.25) is 0 Å². The van der Waals surface area contributed by atoms with Crippen molar-refractivity contribution in [3.63, 3.8) is 0 Å². The van der Waals surface area contributed by atoms with Crippen LogP contribution in [0.5, 0.6) is 5.75 Å². The molecule has 0 aromatic heterocycles. The lowest BCUT2D eigenvalue weighted by Crippen LogP contribution is -2.52. The van der Waals surface area contributed by atoms with Crippen LogP contribution in [0.1, 0.15) is 58.1 Å². The summed E-state index contributed by atoms with van der Waals surface area (Å²) in [5.74, 6) is -1.01. The van der Waals surface area contributed by atoms with Crippen LogP contribution in [0.15, 0.2) is 53.4 Å². The molecular formula is C33H46N4O9S. The molecule has 0 saturated carbocycles. The zero-order valence-corrected chi connectivity index (χ0v) is 28.7. The van der Waals surface area contributed by atoms with Crippen molar-refractivity contribution < 1.29 is 41.8 Å². The highest BCUT2D eigenvalue weighted by Gasteiger charge is 2.41. The van der Waals surface area contributed by atoms with E-state index < -0.39 is 51.8 Å². The first kappa shape index (κ1) is 37.3. The van der Waals surface area contributed by atoms with Crippen molar-refractivity contribution in [1.29, 1.82) is 0 Å². The number of benzene rings is 2. The van der Waals surface area contributed by atoms with Crippen LogP contribution >= 0.6 is 0 Å². The molecule has 13 nitrogen and oxygen atoms in total. The second-order valence-electron chi connectivity index (χ2n) is 12.4. The van der Waals surface area contributed by atoms with Crippen LogP contribution in [0, 0.1) is 6.92 Å². The molecular weight excluding hydrogens is 628 g/mol. The Morgan fingerprint density at radius 3 is 2.32 bits per heavy atom. The van der Waals surface area contributed by atoms with E-state index in [1.807, 2.05) is 13.8 Å². The normalized spacial score (nSPS) is 15.7. The van der Waals surface area contributed by atoms with Crippen LogP contribution in [0.3, 0.4) is 0 Å².